The van der Waals surface area contributed by atoms with Gasteiger partial charge in [-0.15, -0.1) is 0 Å². The number of rotatable bonds is 1. The predicted octanol–water partition coefficient (Wildman–Crippen LogP) is -0.506. The van der Waals surface area contributed by atoms with Crippen LogP contribution in [0.5, 0.6) is 0 Å². The molecule has 0 saturated heterocycles. The van der Waals surface area contributed by atoms with Crippen molar-refractivity contribution < 1.29 is 4.79 Å². The molecule has 0 heterocycles. The van der Waals surface area contributed by atoms with E-state index in [1.165, 1.54) is 0 Å². The molecule has 0 saturated carbocycles. The van der Waals surface area contributed by atoms with E-state index in [9.17, 15) is 4.79 Å². The van der Waals surface area contributed by atoms with Gasteiger partial charge >= 0.3 is 56.8 Å². The second-order valence-electron chi connectivity index (χ2n) is 0.896. The van der Waals surface area contributed by atoms with E-state index >= 15 is 0 Å². The SMILES string of the molecule is C=C(C#N)[C](=O)[PoH]. The molecule has 0 atom stereocenters. The molecule has 0 bridgehead atoms. The first-order chi connectivity index (χ1) is 3.18. The molecule has 0 radical (unpaired) electrons. The molecule has 0 aromatic rings. The Hall–Kier alpha value is -0.204. The van der Waals surface area contributed by atoms with Gasteiger partial charge in [0.15, 0.2) is 0 Å². The summed E-state index contributed by atoms with van der Waals surface area (Å²) in [7, 11) is 0. The summed E-state index contributed by atoms with van der Waals surface area (Å²) in [6.07, 6.45) is 0. The van der Waals surface area contributed by atoms with E-state index in [-0.39, 0.29) is 9.02 Å². The van der Waals surface area contributed by atoms with Crippen molar-refractivity contribution >= 4 is 28.5 Å². The summed E-state index contributed by atoms with van der Waals surface area (Å²) in [6.45, 7) is 3.19. The summed E-state index contributed by atoms with van der Waals surface area (Å²) in [6, 6.07) is 1.65. The van der Waals surface area contributed by atoms with Crippen molar-refractivity contribution in [3.05, 3.63) is 12.2 Å². The van der Waals surface area contributed by atoms with E-state index in [1.54, 1.807) is 6.07 Å². The zero-order valence-corrected chi connectivity index (χ0v) is 6.99. The Balaban J connectivity index is 3.90. The third-order valence-corrected chi connectivity index (χ3v) is 1.44. The average Bonchev–Trinajstić information content (AvgIpc) is 1.65. The fourth-order valence-electron chi connectivity index (χ4n) is 0.0478. The van der Waals surface area contributed by atoms with Crippen LogP contribution in [0.25, 0.3) is 0 Å². The first-order valence-electron chi connectivity index (χ1n) is 1.50. The van der Waals surface area contributed by atoms with Crippen molar-refractivity contribution in [2.45, 2.75) is 0 Å². The van der Waals surface area contributed by atoms with Gasteiger partial charge in [0.05, 0.1) is 0 Å². The van der Waals surface area contributed by atoms with Gasteiger partial charge in [-0.2, -0.15) is 0 Å². The van der Waals surface area contributed by atoms with Crippen LogP contribution < -0.4 is 0 Å². The molecule has 3 heteroatoms. The molecule has 0 aliphatic carbocycles. The Morgan fingerprint density at radius 1 is 1.86 bits per heavy atom. The van der Waals surface area contributed by atoms with Crippen LogP contribution in [-0.4, -0.2) is 28.5 Å². The number of carbonyl (C=O) groups excluding carboxylic acids is 1. The van der Waals surface area contributed by atoms with E-state index in [1.807, 2.05) is 0 Å². The van der Waals surface area contributed by atoms with Gasteiger partial charge in [0.25, 0.3) is 0 Å². The molecular weight excluding hydrogens is 287 g/mol. The Morgan fingerprint density at radius 3 is 2.29 bits per heavy atom. The quantitative estimate of drug-likeness (QED) is 0.482. The second kappa shape index (κ2) is 2.89. The summed E-state index contributed by atoms with van der Waals surface area (Å²) >= 11 is 0.583. The molecule has 0 aliphatic rings. The van der Waals surface area contributed by atoms with Gasteiger partial charge < -0.3 is 0 Å². The van der Waals surface area contributed by atoms with Crippen LogP contribution in [0.3, 0.4) is 0 Å². The molecule has 2 nitrogen and oxygen atoms in total. The van der Waals surface area contributed by atoms with Gasteiger partial charge in [0.1, 0.15) is 0 Å². The van der Waals surface area contributed by atoms with Crippen LogP contribution in [0.15, 0.2) is 12.2 Å². The van der Waals surface area contributed by atoms with E-state index < -0.39 is 0 Å². The van der Waals surface area contributed by atoms with E-state index in [4.69, 9.17) is 5.26 Å². The standard InChI is InChI=1S/C4H2NO.Po.H/c1-4(2-5)3-6;;/h1H2;;. The Morgan fingerprint density at radius 2 is 2.29 bits per heavy atom. The van der Waals surface area contributed by atoms with Gasteiger partial charge in [0, 0.05) is 0 Å². The number of hydrogen-bond acceptors (Lipinski definition) is 2. The summed E-state index contributed by atoms with van der Waals surface area (Å²) < 4.78 is -0.150. The fraction of sp³-hybridized carbons (Fsp3) is 0. The third-order valence-electron chi connectivity index (χ3n) is 0.393. The molecule has 0 aliphatic heterocycles. The van der Waals surface area contributed by atoms with Crippen LogP contribution >= 0.6 is 0 Å². The number of hydrogen-bond donors (Lipinski definition) is 0. The molecule has 0 spiro atoms. The molecule has 0 fully saturated rings. The van der Waals surface area contributed by atoms with E-state index in [0.29, 0.717) is 25.1 Å². The topological polar surface area (TPSA) is 40.9 Å². The van der Waals surface area contributed by atoms with E-state index in [2.05, 4.69) is 6.58 Å². The van der Waals surface area contributed by atoms with Crippen molar-refractivity contribution in [2.75, 3.05) is 0 Å². The zero-order valence-electron chi connectivity index (χ0n) is 3.51. The van der Waals surface area contributed by atoms with Crippen molar-refractivity contribution in [2.24, 2.45) is 0 Å². The van der Waals surface area contributed by atoms with Gasteiger partial charge in [-0.25, -0.2) is 0 Å². The molecule has 36 valence electrons. The minimum absolute atomic E-state index is 0.0633. The number of carbonyl (C=O) groups is 1. The van der Waals surface area contributed by atoms with Crippen LogP contribution in [0.1, 0.15) is 0 Å². The summed E-state index contributed by atoms with van der Waals surface area (Å²) in [5.41, 5.74) is 0.0633. The molecular formula is C4H3NOPo. The van der Waals surface area contributed by atoms with Gasteiger partial charge in [-0.1, -0.05) is 0 Å². The van der Waals surface area contributed by atoms with Crippen molar-refractivity contribution in [3.63, 3.8) is 0 Å². The van der Waals surface area contributed by atoms with Gasteiger partial charge in [-0.3, -0.25) is 0 Å². The Kier molecular flexibility index (Phi) is 2.80. The van der Waals surface area contributed by atoms with Crippen molar-refractivity contribution in [1.29, 1.82) is 5.26 Å². The average molecular weight is 290 g/mol. The molecule has 7 heavy (non-hydrogen) atoms. The molecule has 0 aromatic carbocycles. The summed E-state index contributed by atoms with van der Waals surface area (Å²) in [5, 5.41) is 7.95. The van der Waals surface area contributed by atoms with Crippen LogP contribution in [-0.2, 0) is 4.79 Å². The maximum atomic E-state index is 10.1. The van der Waals surface area contributed by atoms with Gasteiger partial charge in [0.2, 0.25) is 0 Å². The molecule has 0 N–H and O–H groups in total. The minimum atomic E-state index is -0.150. The summed E-state index contributed by atoms with van der Waals surface area (Å²) in [4.78, 5) is 10.1. The molecule has 0 rings (SSSR count). The Bertz CT molecular complexity index is 144. The molecule has 0 aromatic heterocycles. The third kappa shape index (κ3) is 2.49. The van der Waals surface area contributed by atoms with Crippen molar-refractivity contribution in [1.82, 2.24) is 0 Å². The Labute approximate surface area is 56.9 Å². The number of allylic oxidation sites excluding steroid dienone is 1. The first kappa shape index (κ1) is 6.80. The molecule has 0 unspecified atom stereocenters. The predicted molar refractivity (Wildman–Crippen MR) is 26.9 cm³/mol. The van der Waals surface area contributed by atoms with Crippen LogP contribution in [0.4, 0.5) is 0 Å². The molecule has 0 amide bonds. The van der Waals surface area contributed by atoms with Gasteiger partial charge in [-0.05, 0) is 0 Å². The first-order valence-corrected chi connectivity index (χ1v) is 3.24. The summed E-state index contributed by atoms with van der Waals surface area (Å²) in [5.74, 6) is 0. The monoisotopic (exact) mass is 290 g/mol. The van der Waals surface area contributed by atoms with Crippen molar-refractivity contribution in [3.8, 4) is 6.07 Å². The fourth-order valence-corrected chi connectivity index (χ4v) is 0.242. The maximum absolute atomic E-state index is 10.1. The number of nitriles is 1. The van der Waals surface area contributed by atoms with Crippen LogP contribution in [0, 0.1) is 11.3 Å². The normalized spacial score (nSPS) is 6.86. The zero-order chi connectivity index (χ0) is 5.86. The number of nitrogens with zero attached hydrogens (tertiary/aromatic N) is 1. The van der Waals surface area contributed by atoms with Crippen LogP contribution in [0.2, 0.25) is 0 Å². The second-order valence-corrected chi connectivity index (χ2v) is 2.47. The van der Waals surface area contributed by atoms with E-state index in [0.717, 1.165) is 0 Å².